The van der Waals surface area contributed by atoms with Gasteiger partial charge in [-0.05, 0) is 30.5 Å². The SMILES string of the molecule is CCNC(c1cn[nH]n1)c1sccc1C. The van der Waals surface area contributed by atoms with Gasteiger partial charge in [0, 0.05) is 4.88 Å². The first-order chi connectivity index (χ1) is 7.33. The molecule has 0 spiro atoms. The minimum atomic E-state index is 0.161. The van der Waals surface area contributed by atoms with E-state index in [9.17, 15) is 0 Å². The van der Waals surface area contributed by atoms with Crippen molar-refractivity contribution in [2.75, 3.05) is 6.54 Å². The number of hydrogen-bond donors (Lipinski definition) is 2. The summed E-state index contributed by atoms with van der Waals surface area (Å²) in [6, 6.07) is 2.29. The maximum Gasteiger partial charge on any atom is 0.105 e. The molecule has 0 amide bonds. The predicted molar refractivity (Wildman–Crippen MR) is 61.0 cm³/mol. The van der Waals surface area contributed by atoms with Crippen LogP contribution in [0.2, 0.25) is 0 Å². The first-order valence-electron chi connectivity index (χ1n) is 4.96. The molecule has 0 fully saturated rings. The molecule has 5 heteroatoms. The summed E-state index contributed by atoms with van der Waals surface area (Å²) in [5, 5.41) is 16.2. The normalized spacial score (nSPS) is 12.9. The molecule has 0 aliphatic rings. The summed E-state index contributed by atoms with van der Waals surface area (Å²) in [5.41, 5.74) is 2.25. The van der Waals surface area contributed by atoms with Gasteiger partial charge in [-0.1, -0.05) is 6.92 Å². The average Bonchev–Trinajstić information content (AvgIpc) is 2.85. The lowest BCUT2D eigenvalue weighted by molar-refractivity contribution is 0.620. The molecular formula is C10H14N4S. The van der Waals surface area contributed by atoms with Crippen LogP contribution in [-0.4, -0.2) is 22.0 Å². The van der Waals surface area contributed by atoms with Crippen molar-refractivity contribution >= 4 is 11.3 Å². The Morgan fingerprint density at radius 2 is 2.47 bits per heavy atom. The molecule has 2 N–H and O–H groups in total. The number of rotatable bonds is 4. The molecular weight excluding hydrogens is 208 g/mol. The van der Waals surface area contributed by atoms with Gasteiger partial charge >= 0.3 is 0 Å². The van der Waals surface area contributed by atoms with E-state index in [1.807, 2.05) is 0 Å². The van der Waals surface area contributed by atoms with E-state index in [4.69, 9.17) is 0 Å². The van der Waals surface area contributed by atoms with Gasteiger partial charge in [0.05, 0.1) is 12.2 Å². The van der Waals surface area contributed by atoms with E-state index >= 15 is 0 Å². The zero-order valence-electron chi connectivity index (χ0n) is 8.82. The molecule has 1 unspecified atom stereocenters. The van der Waals surface area contributed by atoms with Crippen molar-refractivity contribution < 1.29 is 0 Å². The molecule has 1 atom stereocenters. The van der Waals surface area contributed by atoms with Gasteiger partial charge in [-0.2, -0.15) is 15.4 Å². The number of hydrogen-bond acceptors (Lipinski definition) is 4. The Bertz CT molecular complexity index is 407. The maximum absolute atomic E-state index is 4.14. The number of thiophene rings is 1. The summed E-state index contributed by atoms with van der Waals surface area (Å²) in [4.78, 5) is 1.31. The third kappa shape index (κ3) is 2.08. The molecule has 0 radical (unpaired) electrons. The highest BCUT2D eigenvalue weighted by Gasteiger charge is 2.18. The van der Waals surface area contributed by atoms with Gasteiger partial charge in [0.15, 0.2) is 0 Å². The van der Waals surface area contributed by atoms with Gasteiger partial charge < -0.3 is 5.32 Å². The standard InChI is InChI=1S/C10H14N4S/c1-3-11-9(8-6-12-14-13-8)10-7(2)4-5-15-10/h4-6,9,11H,3H2,1-2H3,(H,12,13,14). The molecule has 2 aromatic rings. The lowest BCUT2D eigenvalue weighted by Crippen LogP contribution is -2.22. The summed E-state index contributed by atoms with van der Waals surface area (Å²) in [6.45, 7) is 5.13. The number of nitrogens with one attached hydrogen (secondary N) is 2. The Morgan fingerprint density at radius 1 is 1.60 bits per heavy atom. The average molecular weight is 222 g/mol. The molecule has 2 heterocycles. The molecule has 0 aliphatic carbocycles. The van der Waals surface area contributed by atoms with E-state index in [1.165, 1.54) is 10.4 Å². The summed E-state index contributed by atoms with van der Waals surface area (Å²) in [6.07, 6.45) is 1.77. The van der Waals surface area contributed by atoms with E-state index in [0.717, 1.165) is 12.2 Å². The van der Waals surface area contributed by atoms with Crippen LogP contribution in [0.5, 0.6) is 0 Å². The Labute approximate surface area is 92.7 Å². The van der Waals surface area contributed by atoms with Gasteiger partial charge in [-0.15, -0.1) is 11.3 Å². The van der Waals surface area contributed by atoms with Gasteiger partial charge in [-0.3, -0.25) is 0 Å². The fraction of sp³-hybridized carbons (Fsp3) is 0.400. The molecule has 4 nitrogen and oxygen atoms in total. The number of nitrogens with zero attached hydrogens (tertiary/aromatic N) is 2. The molecule has 0 aliphatic heterocycles. The fourth-order valence-corrected chi connectivity index (χ4v) is 2.58. The first-order valence-corrected chi connectivity index (χ1v) is 5.84. The highest BCUT2D eigenvalue weighted by Crippen LogP contribution is 2.27. The van der Waals surface area contributed by atoms with Crippen LogP contribution in [-0.2, 0) is 0 Å². The van der Waals surface area contributed by atoms with Crippen LogP contribution < -0.4 is 5.32 Å². The Balaban J connectivity index is 2.32. The molecule has 15 heavy (non-hydrogen) atoms. The van der Waals surface area contributed by atoms with Crippen molar-refractivity contribution in [2.24, 2.45) is 0 Å². The molecule has 2 rings (SSSR count). The summed E-state index contributed by atoms with van der Waals surface area (Å²) < 4.78 is 0. The van der Waals surface area contributed by atoms with Crippen molar-refractivity contribution in [2.45, 2.75) is 19.9 Å². The second kappa shape index (κ2) is 4.55. The lowest BCUT2D eigenvalue weighted by Gasteiger charge is -2.14. The maximum atomic E-state index is 4.14. The highest BCUT2D eigenvalue weighted by atomic mass is 32.1. The summed E-state index contributed by atoms with van der Waals surface area (Å²) >= 11 is 1.75. The summed E-state index contributed by atoms with van der Waals surface area (Å²) in [5.74, 6) is 0. The Morgan fingerprint density at radius 3 is 3.00 bits per heavy atom. The molecule has 0 saturated carbocycles. The Kier molecular flexibility index (Phi) is 3.13. The van der Waals surface area contributed by atoms with E-state index in [1.54, 1.807) is 17.5 Å². The van der Waals surface area contributed by atoms with Crippen molar-refractivity contribution in [3.05, 3.63) is 33.8 Å². The minimum Gasteiger partial charge on any atom is -0.304 e. The van der Waals surface area contributed by atoms with Crippen molar-refractivity contribution in [3.8, 4) is 0 Å². The van der Waals surface area contributed by atoms with Crippen LogP contribution in [0, 0.1) is 6.92 Å². The number of H-pyrrole nitrogens is 1. The quantitative estimate of drug-likeness (QED) is 0.830. The van der Waals surface area contributed by atoms with Gasteiger partial charge in [0.2, 0.25) is 0 Å². The van der Waals surface area contributed by atoms with E-state index in [2.05, 4.69) is 46.0 Å². The Hall–Kier alpha value is -1.20. The highest BCUT2D eigenvalue weighted by molar-refractivity contribution is 7.10. The number of aryl methyl sites for hydroxylation is 1. The third-order valence-corrected chi connectivity index (χ3v) is 3.39. The summed E-state index contributed by atoms with van der Waals surface area (Å²) in [7, 11) is 0. The van der Waals surface area contributed by atoms with Crippen LogP contribution in [0.1, 0.15) is 29.1 Å². The zero-order chi connectivity index (χ0) is 10.7. The molecule has 0 bridgehead atoms. The topological polar surface area (TPSA) is 53.6 Å². The van der Waals surface area contributed by atoms with E-state index < -0.39 is 0 Å². The third-order valence-electron chi connectivity index (χ3n) is 2.30. The monoisotopic (exact) mass is 222 g/mol. The van der Waals surface area contributed by atoms with Crippen LogP contribution in [0.4, 0.5) is 0 Å². The fourth-order valence-electron chi connectivity index (χ4n) is 1.57. The number of aromatic amines is 1. The van der Waals surface area contributed by atoms with Gasteiger partial charge in [-0.25, -0.2) is 0 Å². The van der Waals surface area contributed by atoms with Crippen LogP contribution >= 0.6 is 11.3 Å². The van der Waals surface area contributed by atoms with Crippen LogP contribution in [0.15, 0.2) is 17.6 Å². The van der Waals surface area contributed by atoms with Crippen LogP contribution in [0.25, 0.3) is 0 Å². The second-order valence-corrected chi connectivity index (χ2v) is 4.30. The first kappa shape index (κ1) is 10.3. The molecule has 80 valence electrons. The molecule has 0 aromatic carbocycles. The lowest BCUT2D eigenvalue weighted by atomic mass is 10.1. The second-order valence-electron chi connectivity index (χ2n) is 3.35. The van der Waals surface area contributed by atoms with E-state index in [0.29, 0.717) is 0 Å². The predicted octanol–water partition coefficient (Wildman–Crippen LogP) is 1.87. The van der Waals surface area contributed by atoms with Crippen molar-refractivity contribution in [1.29, 1.82) is 0 Å². The smallest absolute Gasteiger partial charge is 0.105 e. The van der Waals surface area contributed by atoms with Crippen molar-refractivity contribution in [1.82, 2.24) is 20.7 Å². The largest absolute Gasteiger partial charge is 0.304 e. The van der Waals surface area contributed by atoms with Gasteiger partial charge in [0.1, 0.15) is 5.69 Å². The number of aromatic nitrogens is 3. The molecule has 0 saturated heterocycles. The van der Waals surface area contributed by atoms with E-state index in [-0.39, 0.29) is 6.04 Å². The van der Waals surface area contributed by atoms with Gasteiger partial charge in [0.25, 0.3) is 0 Å². The minimum absolute atomic E-state index is 0.161. The zero-order valence-corrected chi connectivity index (χ0v) is 9.64. The van der Waals surface area contributed by atoms with Crippen LogP contribution in [0.3, 0.4) is 0 Å². The molecule has 2 aromatic heterocycles. The van der Waals surface area contributed by atoms with Crippen molar-refractivity contribution in [3.63, 3.8) is 0 Å².